The standard InChI is InChI=1S/C18H32O15S/c19-1-4-7(22)8(23)13(28)18(32-4)34-15-6(3-21)31-17(12(27)10(15)25)33-14-5(2-20)30-16(29)11(26)9(14)24/h4-29H,1-3H2/t4-,5-,6-,7-,8+,9-,10-,11-,12-,13-,14-,15-,16?,17+,18+/m1/s1. The van der Waals surface area contributed by atoms with E-state index in [1.165, 1.54) is 0 Å². The molecule has 15 nitrogen and oxygen atoms in total. The highest BCUT2D eigenvalue weighted by Gasteiger charge is 2.52. The monoisotopic (exact) mass is 520 g/mol. The zero-order valence-electron chi connectivity index (χ0n) is 17.7. The highest BCUT2D eigenvalue weighted by Crippen LogP contribution is 2.38. The Balaban J connectivity index is 1.72. The van der Waals surface area contributed by atoms with Crippen molar-refractivity contribution < 1.29 is 75.1 Å². The van der Waals surface area contributed by atoms with Crippen molar-refractivity contribution in [1.82, 2.24) is 0 Å². The van der Waals surface area contributed by atoms with E-state index < -0.39 is 110 Å². The van der Waals surface area contributed by atoms with Crippen LogP contribution in [0.1, 0.15) is 0 Å². The van der Waals surface area contributed by atoms with Gasteiger partial charge >= 0.3 is 0 Å². The fourth-order valence-electron chi connectivity index (χ4n) is 4.06. The van der Waals surface area contributed by atoms with Gasteiger partial charge < -0.3 is 75.1 Å². The van der Waals surface area contributed by atoms with Crippen molar-refractivity contribution in [2.45, 2.75) is 90.4 Å². The van der Waals surface area contributed by atoms with Gasteiger partial charge in [0.15, 0.2) is 12.6 Å². The number of thioether (sulfide) groups is 1. The summed E-state index contributed by atoms with van der Waals surface area (Å²) in [4.78, 5) is 0. The lowest BCUT2D eigenvalue weighted by molar-refractivity contribution is -0.343. The zero-order valence-corrected chi connectivity index (χ0v) is 18.6. The molecule has 0 spiro atoms. The molecule has 3 heterocycles. The molecule has 0 aliphatic carbocycles. The van der Waals surface area contributed by atoms with Gasteiger partial charge in [-0.25, -0.2) is 0 Å². The summed E-state index contributed by atoms with van der Waals surface area (Å²) in [6.45, 7) is -2.13. The highest BCUT2D eigenvalue weighted by molar-refractivity contribution is 8.00. The van der Waals surface area contributed by atoms with Crippen LogP contribution >= 0.6 is 11.8 Å². The Hall–Kier alpha value is -0.250. The number of ether oxygens (including phenoxy) is 4. The van der Waals surface area contributed by atoms with E-state index in [1.54, 1.807) is 0 Å². The summed E-state index contributed by atoms with van der Waals surface area (Å²) in [5.74, 6) is 0. The maximum Gasteiger partial charge on any atom is 0.187 e. The molecule has 0 aromatic heterocycles. The summed E-state index contributed by atoms with van der Waals surface area (Å²) >= 11 is 0.681. The van der Waals surface area contributed by atoms with E-state index in [2.05, 4.69) is 0 Å². The van der Waals surface area contributed by atoms with Crippen LogP contribution in [0.3, 0.4) is 0 Å². The first-order valence-electron chi connectivity index (χ1n) is 10.6. The molecule has 0 bridgehead atoms. The van der Waals surface area contributed by atoms with Crippen LogP contribution in [0.5, 0.6) is 0 Å². The third-order valence-corrected chi connectivity index (χ3v) is 7.65. The Kier molecular flexibility index (Phi) is 9.88. The Morgan fingerprint density at radius 1 is 0.559 bits per heavy atom. The molecular formula is C18H32O15S. The molecule has 3 rings (SSSR count). The van der Waals surface area contributed by atoms with E-state index in [0.717, 1.165) is 0 Å². The van der Waals surface area contributed by atoms with Crippen LogP contribution in [-0.2, 0) is 18.9 Å². The van der Waals surface area contributed by atoms with Crippen LogP contribution in [0.4, 0.5) is 0 Å². The smallest absolute Gasteiger partial charge is 0.187 e. The van der Waals surface area contributed by atoms with E-state index in [-0.39, 0.29) is 0 Å². The fourth-order valence-corrected chi connectivity index (χ4v) is 5.54. The Labute approximate surface area is 197 Å². The SMILES string of the molecule is OC[C@H]1O[C@@H](S[C@H]2[C@H](O)[C@@H](O)[C@H](O[C@H]3[C@H](O)[C@@H](O)C(O)O[C@@H]3CO)O[C@@H]2CO)[C@H](O)[C@@H](O)[C@@H]1O. The predicted octanol–water partition coefficient (Wildman–Crippen LogP) is -6.86. The number of aliphatic hydroxyl groups excluding tert-OH is 11. The van der Waals surface area contributed by atoms with Crippen molar-refractivity contribution in [3.8, 4) is 0 Å². The molecular weight excluding hydrogens is 488 g/mol. The molecule has 0 saturated carbocycles. The largest absolute Gasteiger partial charge is 0.394 e. The van der Waals surface area contributed by atoms with Crippen LogP contribution in [0, 0.1) is 0 Å². The van der Waals surface area contributed by atoms with Gasteiger partial charge in [0.05, 0.1) is 37.3 Å². The quantitative estimate of drug-likeness (QED) is 0.149. The molecule has 3 aliphatic heterocycles. The molecule has 15 atom stereocenters. The maximum atomic E-state index is 10.7. The van der Waals surface area contributed by atoms with Crippen molar-refractivity contribution in [1.29, 1.82) is 0 Å². The zero-order chi connectivity index (χ0) is 25.3. The number of aliphatic hydroxyl groups is 11. The van der Waals surface area contributed by atoms with Gasteiger partial charge in [-0.3, -0.25) is 0 Å². The summed E-state index contributed by atoms with van der Waals surface area (Å²) < 4.78 is 21.3. The fraction of sp³-hybridized carbons (Fsp3) is 1.00. The van der Waals surface area contributed by atoms with Crippen molar-refractivity contribution in [2.75, 3.05) is 19.8 Å². The van der Waals surface area contributed by atoms with E-state index in [9.17, 15) is 56.2 Å². The van der Waals surface area contributed by atoms with Crippen LogP contribution in [0.15, 0.2) is 0 Å². The lowest BCUT2D eigenvalue weighted by Crippen LogP contribution is -2.64. The van der Waals surface area contributed by atoms with Crippen molar-refractivity contribution in [3.63, 3.8) is 0 Å². The van der Waals surface area contributed by atoms with Crippen LogP contribution in [0.2, 0.25) is 0 Å². The van der Waals surface area contributed by atoms with Gasteiger partial charge in [0.1, 0.15) is 60.4 Å². The molecule has 0 aromatic carbocycles. The van der Waals surface area contributed by atoms with Gasteiger partial charge in [-0.2, -0.15) is 0 Å². The molecule has 3 aliphatic rings. The van der Waals surface area contributed by atoms with Gasteiger partial charge in [-0.05, 0) is 0 Å². The van der Waals surface area contributed by atoms with Crippen molar-refractivity contribution in [2.24, 2.45) is 0 Å². The summed E-state index contributed by atoms with van der Waals surface area (Å²) in [6.07, 6.45) is -20.7. The third kappa shape index (κ3) is 5.52. The van der Waals surface area contributed by atoms with Gasteiger partial charge in [0, 0.05) is 0 Å². The van der Waals surface area contributed by atoms with Crippen LogP contribution in [-0.4, -0.2) is 166 Å². The minimum atomic E-state index is -1.81. The molecule has 200 valence electrons. The Morgan fingerprint density at radius 2 is 1.18 bits per heavy atom. The highest BCUT2D eigenvalue weighted by atomic mass is 32.2. The van der Waals surface area contributed by atoms with E-state index in [1.807, 2.05) is 0 Å². The second-order valence-electron chi connectivity index (χ2n) is 8.33. The van der Waals surface area contributed by atoms with Gasteiger partial charge in [0.2, 0.25) is 0 Å². The van der Waals surface area contributed by atoms with Crippen LogP contribution in [0.25, 0.3) is 0 Å². The molecule has 1 unspecified atom stereocenters. The number of hydrogen-bond donors (Lipinski definition) is 11. The summed E-state index contributed by atoms with van der Waals surface area (Å²) in [5, 5.41) is 108. The van der Waals surface area contributed by atoms with Gasteiger partial charge in [-0.15, -0.1) is 11.8 Å². The van der Waals surface area contributed by atoms with E-state index >= 15 is 0 Å². The van der Waals surface area contributed by atoms with Crippen LogP contribution < -0.4 is 0 Å². The van der Waals surface area contributed by atoms with E-state index in [0.29, 0.717) is 11.8 Å². The summed E-state index contributed by atoms with van der Waals surface area (Å²) in [5.41, 5.74) is -1.29. The summed E-state index contributed by atoms with van der Waals surface area (Å²) in [6, 6.07) is 0. The maximum absolute atomic E-state index is 10.7. The molecule has 11 N–H and O–H groups in total. The first-order chi connectivity index (χ1) is 16.0. The average molecular weight is 521 g/mol. The molecule has 0 aromatic rings. The van der Waals surface area contributed by atoms with Gasteiger partial charge in [-0.1, -0.05) is 0 Å². The Bertz CT molecular complexity index is 640. The van der Waals surface area contributed by atoms with Crippen molar-refractivity contribution in [3.05, 3.63) is 0 Å². The van der Waals surface area contributed by atoms with Crippen molar-refractivity contribution >= 4 is 11.8 Å². The van der Waals surface area contributed by atoms with Gasteiger partial charge in [0.25, 0.3) is 0 Å². The topological polar surface area (TPSA) is 259 Å². The second kappa shape index (κ2) is 11.9. The normalized spacial score (nSPS) is 52.5. The molecule has 34 heavy (non-hydrogen) atoms. The molecule has 16 heteroatoms. The minimum Gasteiger partial charge on any atom is -0.394 e. The molecule has 0 radical (unpaired) electrons. The minimum absolute atomic E-state index is 0.675. The first kappa shape index (κ1) is 28.3. The summed E-state index contributed by atoms with van der Waals surface area (Å²) in [7, 11) is 0. The number of hydrogen-bond acceptors (Lipinski definition) is 16. The second-order valence-corrected chi connectivity index (χ2v) is 9.62. The average Bonchev–Trinajstić information content (AvgIpc) is 2.83. The lowest BCUT2D eigenvalue weighted by Gasteiger charge is -2.47. The molecule has 3 fully saturated rings. The lowest BCUT2D eigenvalue weighted by atomic mass is 9.98. The molecule has 3 saturated heterocycles. The van der Waals surface area contributed by atoms with E-state index in [4.69, 9.17) is 18.9 Å². The predicted molar refractivity (Wildman–Crippen MR) is 108 cm³/mol. The third-order valence-electron chi connectivity index (χ3n) is 6.09. The first-order valence-corrected chi connectivity index (χ1v) is 11.5. The molecule has 0 amide bonds. The Morgan fingerprint density at radius 3 is 1.76 bits per heavy atom. The number of rotatable bonds is 7.